The van der Waals surface area contributed by atoms with Gasteiger partial charge in [-0.05, 0) is 25.5 Å². The summed E-state index contributed by atoms with van der Waals surface area (Å²) in [4.78, 5) is 9.07. The van der Waals surface area contributed by atoms with Crippen molar-refractivity contribution in [1.82, 2.24) is 9.97 Å². The first kappa shape index (κ1) is 13.5. The van der Waals surface area contributed by atoms with Crippen molar-refractivity contribution in [2.75, 3.05) is 30.0 Å². The minimum Gasteiger partial charge on any atom is -0.373 e. The van der Waals surface area contributed by atoms with Crippen LogP contribution in [0.15, 0.2) is 0 Å². The van der Waals surface area contributed by atoms with Gasteiger partial charge in [0.25, 0.3) is 0 Å². The SMILES string of the molecule is CCc1nc(NC)c(C)c(NCC2CCCS2)n1. The molecule has 1 atom stereocenters. The summed E-state index contributed by atoms with van der Waals surface area (Å²) in [6.45, 7) is 5.16. The monoisotopic (exact) mass is 266 g/mol. The van der Waals surface area contributed by atoms with E-state index < -0.39 is 0 Å². The number of hydrogen-bond acceptors (Lipinski definition) is 5. The minimum atomic E-state index is 0.738. The fraction of sp³-hybridized carbons (Fsp3) is 0.692. The van der Waals surface area contributed by atoms with Crippen molar-refractivity contribution >= 4 is 23.4 Å². The Bertz CT molecular complexity index is 402. The Morgan fingerprint density at radius 3 is 2.72 bits per heavy atom. The van der Waals surface area contributed by atoms with Crippen LogP contribution in [0.2, 0.25) is 0 Å². The molecule has 18 heavy (non-hydrogen) atoms. The number of aryl methyl sites for hydroxylation is 1. The highest BCUT2D eigenvalue weighted by Gasteiger charge is 2.16. The zero-order valence-electron chi connectivity index (χ0n) is 11.4. The molecule has 1 aromatic rings. The predicted octanol–water partition coefficient (Wildman–Crippen LogP) is 2.70. The molecule has 0 amide bonds. The number of nitrogens with zero attached hydrogens (tertiary/aromatic N) is 2. The summed E-state index contributed by atoms with van der Waals surface area (Å²) in [5.74, 6) is 4.12. The molecule has 2 heterocycles. The van der Waals surface area contributed by atoms with E-state index in [2.05, 4.69) is 46.2 Å². The van der Waals surface area contributed by atoms with Gasteiger partial charge in [0.05, 0.1) is 0 Å². The second kappa shape index (κ2) is 6.27. The number of nitrogens with one attached hydrogen (secondary N) is 2. The standard InChI is InChI=1S/C13H22N4S/c1-4-11-16-12(14-3)9(2)13(17-11)15-8-10-6-5-7-18-10/h10H,4-8H2,1-3H3,(H2,14,15,16,17). The van der Waals surface area contributed by atoms with Crippen molar-refractivity contribution < 1.29 is 0 Å². The lowest BCUT2D eigenvalue weighted by Crippen LogP contribution is -2.16. The lowest BCUT2D eigenvalue weighted by Gasteiger charge is -2.15. The fourth-order valence-electron chi connectivity index (χ4n) is 2.15. The highest BCUT2D eigenvalue weighted by molar-refractivity contribution is 8.00. The van der Waals surface area contributed by atoms with Gasteiger partial charge in [-0.2, -0.15) is 11.8 Å². The summed E-state index contributed by atoms with van der Waals surface area (Å²) >= 11 is 2.07. The summed E-state index contributed by atoms with van der Waals surface area (Å²) in [7, 11) is 1.91. The Balaban J connectivity index is 2.09. The van der Waals surface area contributed by atoms with Crippen LogP contribution in [0.1, 0.15) is 31.2 Å². The second-order valence-corrected chi connectivity index (χ2v) is 5.99. The van der Waals surface area contributed by atoms with Crippen LogP contribution in [0.3, 0.4) is 0 Å². The molecule has 2 N–H and O–H groups in total. The lowest BCUT2D eigenvalue weighted by molar-refractivity contribution is 0.800. The van der Waals surface area contributed by atoms with Gasteiger partial charge in [0, 0.05) is 30.8 Å². The van der Waals surface area contributed by atoms with Gasteiger partial charge in [-0.3, -0.25) is 0 Å². The summed E-state index contributed by atoms with van der Waals surface area (Å²) in [6.07, 6.45) is 3.53. The molecule has 2 rings (SSSR count). The average Bonchev–Trinajstić information content (AvgIpc) is 2.90. The summed E-state index contributed by atoms with van der Waals surface area (Å²) < 4.78 is 0. The van der Waals surface area contributed by atoms with Gasteiger partial charge >= 0.3 is 0 Å². The molecule has 1 aliphatic heterocycles. The van der Waals surface area contributed by atoms with Gasteiger partial charge < -0.3 is 10.6 Å². The number of hydrogen-bond donors (Lipinski definition) is 2. The van der Waals surface area contributed by atoms with Crippen molar-refractivity contribution in [1.29, 1.82) is 0 Å². The second-order valence-electron chi connectivity index (χ2n) is 4.58. The molecule has 1 unspecified atom stereocenters. The summed E-state index contributed by atoms with van der Waals surface area (Å²) in [6, 6.07) is 0. The molecule has 4 nitrogen and oxygen atoms in total. The van der Waals surface area contributed by atoms with E-state index in [9.17, 15) is 0 Å². The molecule has 1 aliphatic rings. The first-order chi connectivity index (χ1) is 8.74. The van der Waals surface area contributed by atoms with E-state index in [1.54, 1.807) is 0 Å². The van der Waals surface area contributed by atoms with E-state index >= 15 is 0 Å². The Morgan fingerprint density at radius 2 is 2.11 bits per heavy atom. The first-order valence-electron chi connectivity index (χ1n) is 6.65. The van der Waals surface area contributed by atoms with Gasteiger partial charge in [0.15, 0.2) is 0 Å². The third-order valence-electron chi connectivity index (χ3n) is 3.27. The molecule has 0 radical (unpaired) electrons. The number of rotatable bonds is 5. The van der Waals surface area contributed by atoms with Crippen molar-refractivity contribution in [2.24, 2.45) is 0 Å². The molecule has 0 aliphatic carbocycles. The Hall–Kier alpha value is -0.970. The molecule has 5 heteroatoms. The first-order valence-corrected chi connectivity index (χ1v) is 7.70. The molecule has 1 saturated heterocycles. The fourth-order valence-corrected chi connectivity index (χ4v) is 3.35. The van der Waals surface area contributed by atoms with Crippen LogP contribution < -0.4 is 10.6 Å². The van der Waals surface area contributed by atoms with Crippen molar-refractivity contribution in [2.45, 2.75) is 38.4 Å². The van der Waals surface area contributed by atoms with Crippen molar-refractivity contribution in [3.63, 3.8) is 0 Å². The smallest absolute Gasteiger partial charge is 0.134 e. The molecule has 0 aromatic carbocycles. The number of anilines is 2. The molecular weight excluding hydrogens is 244 g/mol. The molecular formula is C13H22N4S. The Kier molecular flexibility index (Phi) is 4.69. The summed E-state index contributed by atoms with van der Waals surface area (Å²) in [5.41, 5.74) is 1.11. The molecule has 0 spiro atoms. The van der Waals surface area contributed by atoms with E-state index in [4.69, 9.17) is 0 Å². The number of aromatic nitrogens is 2. The van der Waals surface area contributed by atoms with Crippen molar-refractivity contribution in [3.05, 3.63) is 11.4 Å². The van der Waals surface area contributed by atoms with E-state index in [1.165, 1.54) is 18.6 Å². The maximum atomic E-state index is 4.59. The molecule has 0 bridgehead atoms. The van der Waals surface area contributed by atoms with Gasteiger partial charge in [0.2, 0.25) is 0 Å². The summed E-state index contributed by atoms with van der Waals surface area (Å²) in [5, 5.41) is 7.37. The van der Waals surface area contributed by atoms with E-state index in [0.717, 1.165) is 41.2 Å². The van der Waals surface area contributed by atoms with E-state index in [-0.39, 0.29) is 0 Å². The van der Waals surface area contributed by atoms with Gasteiger partial charge in [0.1, 0.15) is 17.5 Å². The third-order valence-corrected chi connectivity index (χ3v) is 4.66. The Labute approximate surface area is 113 Å². The molecule has 1 fully saturated rings. The predicted molar refractivity (Wildman–Crippen MR) is 79.7 cm³/mol. The van der Waals surface area contributed by atoms with Gasteiger partial charge in [-0.15, -0.1) is 0 Å². The van der Waals surface area contributed by atoms with E-state index in [1.807, 2.05) is 7.05 Å². The quantitative estimate of drug-likeness (QED) is 0.858. The highest BCUT2D eigenvalue weighted by atomic mass is 32.2. The third kappa shape index (κ3) is 3.07. The van der Waals surface area contributed by atoms with Crippen LogP contribution in [0.4, 0.5) is 11.6 Å². The number of thioether (sulfide) groups is 1. The zero-order chi connectivity index (χ0) is 13.0. The van der Waals surface area contributed by atoms with Crippen LogP contribution in [0, 0.1) is 6.92 Å². The van der Waals surface area contributed by atoms with Gasteiger partial charge in [-0.1, -0.05) is 6.92 Å². The highest BCUT2D eigenvalue weighted by Crippen LogP contribution is 2.27. The van der Waals surface area contributed by atoms with Crippen LogP contribution in [-0.4, -0.2) is 34.6 Å². The normalized spacial score (nSPS) is 18.9. The Morgan fingerprint density at radius 1 is 1.33 bits per heavy atom. The maximum absolute atomic E-state index is 4.59. The average molecular weight is 266 g/mol. The largest absolute Gasteiger partial charge is 0.373 e. The van der Waals surface area contributed by atoms with Crippen LogP contribution in [0.5, 0.6) is 0 Å². The molecule has 100 valence electrons. The van der Waals surface area contributed by atoms with Crippen LogP contribution in [-0.2, 0) is 6.42 Å². The van der Waals surface area contributed by atoms with E-state index in [0.29, 0.717) is 0 Å². The maximum Gasteiger partial charge on any atom is 0.134 e. The minimum absolute atomic E-state index is 0.738. The lowest BCUT2D eigenvalue weighted by atomic mass is 10.2. The van der Waals surface area contributed by atoms with Gasteiger partial charge in [-0.25, -0.2) is 9.97 Å². The molecule has 0 saturated carbocycles. The van der Waals surface area contributed by atoms with Crippen LogP contribution in [0.25, 0.3) is 0 Å². The van der Waals surface area contributed by atoms with Crippen molar-refractivity contribution in [3.8, 4) is 0 Å². The zero-order valence-corrected chi connectivity index (χ0v) is 12.2. The topological polar surface area (TPSA) is 49.8 Å². The molecule has 1 aromatic heterocycles. The van der Waals surface area contributed by atoms with Crippen LogP contribution >= 0.6 is 11.8 Å².